The maximum Gasteiger partial charge on any atom is 0.130 e. The third-order valence-corrected chi connectivity index (χ3v) is 3.02. The highest BCUT2D eigenvalue weighted by molar-refractivity contribution is 5.83. The molecule has 2 N–H and O–H groups in total. The highest BCUT2D eigenvalue weighted by Crippen LogP contribution is 2.15. The molecule has 94 valence electrons. The third-order valence-electron chi connectivity index (χ3n) is 3.02. The molecule has 0 amide bonds. The van der Waals surface area contributed by atoms with Crippen molar-refractivity contribution in [2.75, 3.05) is 0 Å². The van der Waals surface area contributed by atoms with Crippen LogP contribution in [-0.2, 0) is 0 Å². The molecule has 1 heterocycles. The Kier molecular flexibility index (Phi) is 5.13. The molecule has 1 aromatic heterocycles. The number of rotatable bonds is 5. The Morgan fingerprint density at radius 3 is 2.35 bits per heavy atom. The Hall–Kier alpha value is -1.38. The van der Waals surface area contributed by atoms with Crippen molar-refractivity contribution in [2.45, 2.75) is 46.5 Å². The van der Waals surface area contributed by atoms with Gasteiger partial charge in [0.2, 0.25) is 0 Å². The van der Waals surface area contributed by atoms with Gasteiger partial charge < -0.3 is 0 Å². The first-order valence-corrected chi connectivity index (χ1v) is 6.42. The molecule has 0 saturated heterocycles. The molecule has 0 aliphatic heterocycles. The lowest BCUT2D eigenvalue weighted by Crippen LogP contribution is -2.31. The molecule has 1 aromatic rings. The van der Waals surface area contributed by atoms with Crippen LogP contribution >= 0.6 is 0 Å². The first kappa shape index (κ1) is 13.7. The Morgan fingerprint density at radius 1 is 1.24 bits per heavy atom. The van der Waals surface area contributed by atoms with Crippen molar-refractivity contribution < 1.29 is 0 Å². The zero-order chi connectivity index (χ0) is 12.8. The molecule has 0 radical (unpaired) electrons. The van der Waals surface area contributed by atoms with E-state index >= 15 is 0 Å². The number of pyridine rings is 1. The Bertz CT molecular complexity index is 425. The molecule has 17 heavy (non-hydrogen) atoms. The fraction of sp³-hybridized carbons (Fsp3) is 0.571. The molecule has 0 aliphatic carbocycles. The number of nitrogens with zero attached hydrogens (tertiary/aromatic N) is 1. The zero-order valence-corrected chi connectivity index (χ0v) is 11.1. The molecule has 0 aromatic carbocycles. The zero-order valence-electron chi connectivity index (χ0n) is 11.1. The van der Waals surface area contributed by atoms with Crippen molar-refractivity contribution in [1.82, 2.24) is 4.57 Å². The molecule has 0 unspecified atom stereocenters. The number of hydrogen-bond acceptors (Lipinski definition) is 2. The standard InChI is InChI=1S/C14H23N3/c1-4-6-12(7-5-2)14(16)17-10-11(3)8-9-13(17)15/h8-10,12,15-16H,4-7H2,1-3H3. The minimum Gasteiger partial charge on any atom is -0.290 e. The first-order valence-electron chi connectivity index (χ1n) is 6.42. The van der Waals surface area contributed by atoms with Crippen molar-refractivity contribution in [3.05, 3.63) is 29.4 Å². The summed E-state index contributed by atoms with van der Waals surface area (Å²) in [5.74, 6) is 0.850. The summed E-state index contributed by atoms with van der Waals surface area (Å²) in [5.41, 5.74) is 1.50. The average molecular weight is 233 g/mol. The summed E-state index contributed by atoms with van der Waals surface area (Å²) >= 11 is 0. The van der Waals surface area contributed by atoms with Crippen LogP contribution in [0.5, 0.6) is 0 Å². The fourth-order valence-electron chi connectivity index (χ4n) is 2.12. The second kappa shape index (κ2) is 6.38. The molecule has 0 saturated carbocycles. The molecule has 0 spiro atoms. The van der Waals surface area contributed by atoms with Crippen molar-refractivity contribution >= 4 is 5.84 Å². The fourth-order valence-corrected chi connectivity index (χ4v) is 2.12. The van der Waals surface area contributed by atoms with Crippen LogP contribution in [0.3, 0.4) is 0 Å². The minimum absolute atomic E-state index is 0.279. The predicted octanol–water partition coefficient (Wildman–Crippen LogP) is 3.32. The number of aryl methyl sites for hydroxylation is 1. The van der Waals surface area contributed by atoms with Gasteiger partial charge in [-0.2, -0.15) is 0 Å². The van der Waals surface area contributed by atoms with Gasteiger partial charge in [0.25, 0.3) is 0 Å². The van der Waals surface area contributed by atoms with E-state index in [4.69, 9.17) is 10.8 Å². The lowest BCUT2D eigenvalue weighted by atomic mass is 9.96. The first-order chi connectivity index (χ1) is 8.10. The van der Waals surface area contributed by atoms with Crippen LogP contribution < -0.4 is 5.49 Å². The predicted molar refractivity (Wildman–Crippen MR) is 71.5 cm³/mol. The van der Waals surface area contributed by atoms with E-state index in [1.807, 2.05) is 19.2 Å². The van der Waals surface area contributed by atoms with E-state index in [1.165, 1.54) is 0 Å². The van der Waals surface area contributed by atoms with E-state index in [-0.39, 0.29) is 5.92 Å². The molecule has 0 fully saturated rings. The minimum atomic E-state index is 0.279. The number of hydrogen-bond donors (Lipinski definition) is 2. The molecule has 0 bridgehead atoms. The molecule has 3 heteroatoms. The molecule has 0 aliphatic rings. The smallest absolute Gasteiger partial charge is 0.130 e. The van der Waals surface area contributed by atoms with Crippen molar-refractivity contribution in [1.29, 1.82) is 10.8 Å². The van der Waals surface area contributed by atoms with Gasteiger partial charge in [-0.1, -0.05) is 32.8 Å². The van der Waals surface area contributed by atoms with Gasteiger partial charge in [-0.05, 0) is 31.4 Å². The van der Waals surface area contributed by atoms with Gasteiger partial charge in [0.1, 0.15) is 11.3 Å². The second-order valence-corrected chi connectivity index (χ2v) is 4.62. The maximum atomic E-state index is 8.27. The van der Waals surface area contributed by atoms with Crippen LogP contribution in [0.4, 0.5) is 0 Å². The Labute approximate surface area is 104 Å². The maximum absolute atomic E-state index is 8.27. The summed E-state index contributed by atoms with van der Waals surface area (Å²) in [6, 6.07) is 3.68. The van der Waals surface area contributed by atoms with Gasteiger partial charge in [0.15, 0.2) is 0 Å². The monoisotopic (exact) mass is 233 g/mol. The van der Waals surface area contributed by atoms with Crippen LogP contribution in [0, 0.1) is 23.7 Å². The van der Waals surface area contributed by atoms with Crippen LogP contribution in [0.15, 0.2) is 18.3 Å². The molecular weight excluding hydrogens is 210 g/mol. The van der Waals surface area contributed by atoms with Gasteiger partial charge in [-0.15, -0.1) is 0 Å². The van der Waals surface area contributed by atoms with Gasteiger partial charge >= 0.3 is 0 Å². The highest BCUT2D eigenvalue weighted by Gasteiger charge is 2.14. The summed E-state index contributed by atoms with van der Waals surface area (Å²) in [7, 11) is 0. The Morgan fingerprint density at radius 2 is 1.82 bits per heavy atom. The topological polar surface area (TPSA) is 52.6 Å². The van der Waals surface area contributed by atoms with E-state index in [1.54, 1.807) is 10.6 Å². The molecule has 1 rings (SSSR count). The lowest BCUT2D eigenvalue weighted by molar-refractivity contribution is 0.541. The van der Waals surface area contributed by atoms with E-state index in [0.717, 1.165) is 31.2 Å². The highest BCUT2D eigenvalue weighted by atomic mass is 15.0. The van der Waals surface area contributed by atoms with E-state index in [9.17, 15) is 0 Å². The lowest BCUT2D eigenvalue weighted by Gasteiger charge is -2.19. The summed E-state index contributed by atoms with van der Waals surface area (Å²) in [6.45, 7) is 6.30. The third kappa shape index (κ3) is 3.55. The second-order valence-electron chi connectivity index (χ2n) is 4.62. The molecular formula is C14H23N3. The van der Waals surface area contributed by atoms with E-state index in [0.29, 0.717) is 11.3 Å². The quantitative estimate of drug-likeness (QED) is 0.579. The van der Waals surface area contributed by atoms with Crippen LogP contribution in [0.2, 0.25) is 0 Å². The summed E-state index contributed by atoms with van der Waals surface area (Å²) < 4.78 is 1.71. The summed E-state index contributed by atoms with van der Waals surface area (Å²) in [4.78, 5) is 0. The van der Waals surface area contributed by atoms with Gasteiger partial charge in [-0.25, -0.2) is 0 Å². The van der Waals surface area contributed by atoms with Crippen LogP contribution in [0.25, 0.3) is 0 Å². The number of nitrogens with one attached hydrogen (secondary N) is 2. The molecule has 0 atom stereocenters. The van der Waals surface area contributed by atoms with Gasteiger partial charge in [0, 0.05) is 12.1 Å². The number of aromatic nitrogens is 1. The van der Waals surface area contributed by atoms with Crippen molar-refractivity contribution in [3.8, 4) is 0 Å². The van der Waals surface area contributed by atoms with Crippen LogP contribution in [0.1, 0.15) is 45.1 Å². The molecule has 3 nitrogen and oxygen atoms in total. The van der Waals surface area contributed by atoms with Crippen molar-refractivity contribution in [2.24, 2.45) is 5.92 Å². The summed E-state index contributed by atoms with van der Waals surface area (Å²) in [5, 5.41) is 16.2. The van der Waals surface area contributed by atoms with E-state index < -0.39 is 0 Å². The average Bonchev–Trinajstić information content (AvgIpc) is 2.31. The SMILES string of the molecule is CCCC(CCC)C(=N)n1cc(C)ccc1=N. The largest absolute Gasteiger partial charge is 0.290 e. The van der Waals surface area contributed by atoms with Crippen molar-refractivity contribution in [3.63, 3.8) is 0 Å². The van der Waals surface area contributed by atoms with Gasteiger partial charge in [0.05, 0.1) is 0 Å². The van der Waals surface area contributed by atoms with Crippen LogP contribution in [-0.4, -0.2) is 10.4 Å². The summed E-state index contributed by atoms with van der Waals surface area (Å²) in [6.07, 6.45) is 6.14. The Balaban J connectivity index is 3.00. The van der Waals surface area contributed by atoms with E-state index in [2.05, 4.69) is 13.8 Å². The normalized spacial score (nSPS) is 10.8. The van der Waals surface area contributed by atoms with Gasteiger partial charge in [-0.3, -0.25) is 15.4 Å².